The molecule has 0 aliphatic heterocycles. The van der Waals surface area contributed by atoms with Gasteiger partial charge in [-0.25, -0.2) is 0 Å². The van der Waals surface area contributed by atoms with Crippen molar-refractivity contribution in [2.24, 2.45) is 10.8 Å². The van der Waals surface area contributed by atoms with Crippen molar-refractivity contribution in [3.8, 4) is 0 Å². The smallest absolute Gasteiger partial charge is 0.220 e. The fourth-order valence-corrected chi connectivity index (χ4v) is 2.04. The molecule has 0 aliphatic carbocycles. The van der Waals surface area contributed by atoms with E-state index >= 15 is 0 Å². The van der Waals surface area contributed by atoms with Gasteiger partial charge in [-0.15, -0.1) is 0 Å². The highest BCUT2D eigenvalue weighted by Gasteiger charge is 2.15. The molecule has 0 unspecified atom stereocenters. The molecule has 0 heterocycles. The van der Waals surface area contributed by atoms with E-state index in [4.69, 9.17) is 4.74 Å². The van der Waals surface area contributed by atoms with Crippen LogP contribution in [0.4, 0.5) is 0 Å². The van der Waals surface area contributed by atoms with Crippen LogP contribution in [0.15, 0.2) is 0 Å². The summed E-state index contributed by atoms with van der Waals surface area (Å²) >= 11 is 0. The zero-order valence-corrected chi connectivity index (χ0v) is 15.9. The third-order valence-electron chi connectivity index (χ3n) is 3.16. The van der Waals surface area contributed by atoms with Crippen molar-refractivity contribution in [1.29, 1.82) is 0 Å². The molecule has 136 valence electrons. The SMILES string of the molecule is CC(C)(C)CCCC(=O)NCCOCCNC(=O)CC(C)(C)C. The van der Waals surface area contributed by atoms with Crippen LogP contribution in [-0.2, 0) is 14.3 Å². The number of hydrogen-bond donors (Lipinski definition) is 2. The lowest BCUT2D eigenvalue weighted by Gasteiger charge is -2.17. The molecule has 0 radical (unpaired) electrons. The van der Waals surface area contributed by atoms with Crippen LogP contribution in [0.1, 0.15) is 67.2 Å². The van der Waals surface area contributed by atoms with Gasteiger partial charge in [-0.3, -0.25) is 9.59 Å². The molecule has 2 N–H and O–H groups in total. The molecule has 5 nitrogen and oxygen atoms in total. The second kappa shape index (κ2) is 10.6. The first-order valence-electron chi connectivity index (χ1n) is 8.61. The average molecular weight is 328 g/mol. The van der Waals surface area contributed by atoms with Gasteiger partial charge in [0.05, 0.1) is 13.2 Å². The Morgan fingerprint density at radius 3 is 1.83 bits per heavy atom. The summed E-state index contributed by atoms with van der Waals surface area (Å²) in [6.07, 6.45) is 3.04. The molecule has 0 rings (SSSR count). The molecule has 0 saturated carbocycles. The summed E-state index contributed by atoms with van der Waals surface area (Å²) < 4.78 is 5.39. The summed E-state index contributed by atoms with van der Waals surface area (Å²) in [4.78, 5) is 23.2. The summed E-state index contributed by atoms with van der Waals surface area (Å²) in [5, 5.41) is 5.68. The maximum atomic E-state index is 11.6. The number of amides is 2. The zero-order chi connectivity index (χ0) is 17.9. The average Bonchev–Trinajstić information content (AvgIpc) is 2.33. The van der Waals surface area contributed by atoms with Crippen LogP contribution >= 0.6 is 0 Å². The highest BCUT2D eigenvalue weighted by Crippen LogP contribution is 2.21. The fraction of sp³-hybridized carbons (Fsp3) is 0.889. The highest BCUT2D eigenvalue weighted by molar-refractivity contribution is 5.76. The number of ether oxygens (including phenoxy) is 1. The van der Waals surface area contributed by atoms with Crippen molar-refractivity contribution in [2.45, 2.75) is 67.2 Å². The lowest BCUT2D eigenvalue weighted by atomic mass is 9.90. The molecule has 0 aromatic carbocycles. The third kappa shape index (κ3) is 17.1. The predicted octanol–water partition coefficient (Wildman–Crippen LogP) is 2.89. The van der Waals surface area contributed by atoms with Gasteiger partial charge >= 0.3 is 0 Å². The minimum Gasteiger partial charge on any atom is -0.378 e. The van der Waals surface area contributed by atoms with Crippen molar-refractivity contribution in [3.63, 3.8) is 0 Å². The quantitative estimate of drug-likeness (QED) is 0.606. The Balaban J connectivity index is 3.46. The van der Waals surface area contributed by atoms with Crippen molar-refractivity contribution in [1.82, 2.24) is 10.6 Å². The van der Waals surface area contributed by atoms with Gasteiger partial charge in [0.15, 0.2) is 0 Å². The number of carbonyl (C=O) groups is 2. The first-order chi connectivity index (χ1) is 10.5. The Morgan fingerprint density at radius 1 is 0.826 bits per heavy atom. The van der Waals surface area contributed by atoms with E-state index in [1.54, 1.807) is 0 Å². The summed E-state index contributed by atoms with van der Waals surface area (Å²) in [5.74, 6) is 0.129. The van der Waals surface area contributed by atoms with E-state index in [-0.39, 0.29) is 22.6 Å². The van der Waals surface area contributed by atoms with Crippen LogP contribution in [0.5, 0.6) is 0 Å². The summed E-state index contributed by atoms with van der Waals surface area (Å²) in [7, 11) is 0. The van der Waals surface area contributed by atoms with Crippen LogP contribution < -0.4 is 10.6 Å². The zero-order valence-electron chi connectivity index (χ0n) is 15.9. The van der Waals surface area contributed by atoms with Crippen LogP contribution in [0.25, 0.3) is 0 Å². The summed E-state index contributed by atoms with van der Waals surface area (Å²) in [6.45, 7) is 14.6. The van der Waals surface area contributed by atoms with E-state index in [1.807, 2.05) is 20.8 Å². The van der Waals surface area contributed by atoms with Crippen LogP contribution in [0.3, 0.4) is 0 Å². The first-order valence-corrected chi connectivity index (χ1v) is 8.61. The van der Waals surface area contributed by atoms with Gasteiger partial charge in [0.1, 0.15) is 0 Å². The maximum absolute atomic E-state index is 11.6. The van der Waals surface area contributed by atoms with Crippen molar-refractivity contribution >= 4 is 11.8 Å². The van der Waals surface area contributed by atoms with Crippen LogP contribution in [0.2, 0.25) is 0 Å². The van der Waals surface area contributed by atoms with E-state index in [0.29, 0.717) is 39.1 Å². The van der Waals surface area contributed by atoms with Gasteiger partial charge in [0, 0.05) is 25.9 Å². The van der Waals surface area contributed by atoms with Gasteiger partial charge in [0.2, 0.25) is 11.8 Å². The van der Waals surface area contributed by atoms with E-state index in [2.05, 4.69) is 31.4 Å². The number of rotatable bonds is 10. The van der Waals surface area contributed by atoms with Crippen molar-refractivity contribution < 1.29 is 14.3 Å². The molecular formula is C18H36N2O3. The number of carbonyl (C=O) groups excluding carboxylic acids is 2. The molecule has 5 heteroatoms. The van der Waals surface area contributed by atoms with Gasteiger partial charge in [-0.05, 0) is 23.7 Å². The van der Waals surface area contributed by atoms with Gasteiger partial charge in [-0.2, -0.15) is 0 Å². The van der Waals surface area contributed by atoms with E-state index in [1.165, 1.54) is 0 Å². The molecular weight excluding hydrogens is 292 g/mol. The Labute approximate surface area is 141 Å². The minimum atomic E-state index is 0.00219. The molecule has 2 amide bonds. The van der Waals surface area contributed by atoms with Gasteiger partial charge in [-0.1, -0.05) is 41.5 Å². The third-order valence-corrected chi connectivity index (χ3v) is 3.16. The predicted molar refractivity (Wildman–Crippen MR) is 94.2 cm³/mol. The second-order valence-electron chi connectivity index (χ2n) is 8.46. The molecule has 0 saturated heterocycles. The van der Waals surface area contributed by atoms with Gasteiger partial charge in [0.25, 0.3) is 0 Å². The molecule has 0 aliphatic rings. The molecule has 0 fully saturated rings. The van der Waals surface area contributed by atoms with E-state index in [0.717, 1.165) is 12.8 Å². The molecule has 0 aromatic rings. The number of hydrogen-bond acceptors (Lipinski definition) is 3. The monoisotopic (exact) mass is 328 g/mol. The van der Waals surface area contributed by atoms with E-state index < -0.39 is 0 Å². The molecule has 0 bridgehead atoms. The Kier molecular flexibility index (Phi) is 10.1. The second-order valence-corrected chi connectivity index (χ2v) is 8.46. The molecule has 0 atom stereocenters. The fourth-order valence-electron chi connectivity index (χ4n) is 2.04. The number of nitrogens with one attached hydrogen (secondary N) is 2. The Bertz CT molecular complexity index is 354. The van der Waals surface area contributed by atoms with Gasteiger partial charge < -0.3 is 15.4 Å². The molecule has 23 heavy (non-hydrogen) atoms. The highest BCUT2D eigenvalue weighted by atomic mass is 16.5. The Morgan fingerprint density at radius 2 is 1.35 bits per heavy atom. The summed E-state index contributed by atoms with van der Waals surface area (Å²) in [5.41, 5.74) is 0.281. The largest absolute Gasteiger partial charge is 0.378 e. The molecule has 0 spiro atoms. The topological polar surface area (TPSA) is 67.4 Å². The minimum absolute atomic E-state index is 0.00219. The van der Waals surface area contributed by atoms with Crippen molar-refractivity contribution in [2.75, 3.05) is 26.3 Å². The first kappa shape index (κ1) is 21.9. The standard InChI is InChI=1S/C18H36N2O3/c1-17(2,3)9-7-8-15(21)19-10-12-23-13-11-20-16(22)14-18(4,5)6/h7-14H2,1-6H3,(H,19,21)(H,20,22). The normalized spacial score (nSPS) is 12.1. The summed E-state index contributed by atoms with van der Waals surface area (Å²) in [6, 6.07) is 0. The van der Waals surface area contributed by atoms with Crippen LogP contribution in [0, 0.1) is 10.8 Å². The Hall–Kier alpha value is -1.10. The maximum Gasteiger partial charge on any atom is 0.220 e. The van der Waals surface area contributed by atoms with E-state index in [9.17, 15) is 9.59 Å². The lowest BCUT2D eigenvalue weighted by molar-refractivity contribution is -0.123. The van der Waals surface area contributed by atoms with Crippen molar-refractivity contribution in [3.05, 3.63) is 0 Å². The molecule has 0 aromatic heterocycles. The van der Waals surface area contributed by atoms with Crippen LogP contribution in [-0.4, -0.2) is 38.1 Å². The lowest BCUT2D eigenvalue weighted by Crippen LogP contribution is -2.31.